The van der Waals surface area contributed by atoms with E-state index in [2.05, 4.69) is 167 Å². The molecule has 10 aromatic rings. The van der Waals surface area contributed by atoms with Crippen molar-refractivity contribution in [1.29, 1.82) is 0 Å². The van der Waals surface area contributed by atoms with Gasteiger partial charge >= 0.3 is 0 Å². The van der Waals surface area contributed by atoms with Crippen molar-refractivity contribution in [2.24, 2.45) is 0 Å². The summed E-state index contributed by atoms with van der Waals surface area (Å²) in [5.41, 5.74) is 9.75. The molecule has 2 nitrogen and oxygen atoms in total. The van der Waals surface area contributed by atoms with Gasteiger partial charge < -0.3 is 9.13 Å². The Balaban J connectivity index is 1.37. The first-order valence-electron chi connectivity index (χ1n) is 15.4. The van der Waals surface area contributed by atoms with Gasteiger partial charge in [0.15, 0.2) is 0 Å². The standard InChI is InChI=1S/C42H26N2S/c1-3-12-28(13-4-1)43-35-20-9-7-17-33(35)40-37(43)24-25-38-41(40)34-26-27(22-23-36(34)44(38)29-14-5-2-6-15-29)30-18-11-19-32-31-16-8-10-21-39(31)45-42(30)32/h1-26H. The molecule has 0 saturated heterocycles. The Morgan fingerprint density at radius 1 is 0.378 bits per heavy atom. The molecule has 0 amide bonds. The molecule has 10 rings (SSSR count). The van der Waals surface area contributed by atoms with E-state index >= 15 is 0 Å². The predicted octanol–water partition coefficient (Wildman–Crippen LogP) is 11.9. The van der Waals surface area contributed by atoms with Crippen LogP contribution in [0, 0.1) is 0 Å². The van der Waals surface area contributed by atoms with Gasteiger partial charge in [-0.15, -0.1) is 11.3 Å². The number of hydrogen-bond donors (Lipinski definition) is 0. The normalized spacial score (nSPS) is 12.0. The zero-order valence-electron chi connectivity index (χ0n) is 24.3. The minimum absolute atomic E-state index is 1.17. The second kappa shape index (κ2) is 9.43. The van der Waals surface area contributed by atoms with Crippen molar-refractivity contribution in [3.05, 3.63) is 158 Å². The van der Waals surface area contributed by atoms with Crippen molar-refractivity contribution in [2.45, 2.75) is 0 Å². The van der Waals surface area contributed by atoms with Gasteiger partial charge in [0.1, 0.15) is 0 Å². The van der Waals surface area contributed by atoms with Crippen LogP contribution in [0.1, 0.15) is 0 Å². The van der Waals surface area contributed by atoms with Crippen LogP contribution in [-0.2, 0) is 0 Å². The van der Waals surface area contributed by atoms with E-state index in [-0.39, 0.29) is 0 Å². The van der Waals surface area contributed by atoms with Crippen LogP contribution >= 0.6 is 11.3 Å². The van der Waals surface area contributed by atoms with Gasteiger partial charge in [-0.05, 0) is 71.8 Å². The monoisotopic (exact) mass is 590 g/mol. The lowest BCUT2D eigenvalue weighted by Gasteiger charge is -2.09. The maximum atomic E-state index is 2.43. The van der Waals surface area contributed by atoms with Crippen LogP contribution < -0.4 is 0 Å². The Kier molecular flexibility index (Phi) is 5.19. The molecule has 3 heteroatoms. The Hall–Kier alpha value is -5.64. The summed E-state index contributed by atoms with van der Waals surface area (Å²) in [6, 6.07) is 57.6. The lowest BCUT2D eigenvalue weighted by atomic mass is 9.99. The summed E-state index contributed by atoms with van der Waals surface area (Å²) in [5.74, 6) is 0. The quantitative estimate of drug-likeness (QED) is 0.194. The Morgan fingerprint density at radius 3 is 1.67 bits per heavy atom. The molecule has 0 fully saturated rings. The molecule has 0 N–H and O–H groups in total. The molecule has 0 unspecified atom stereocenters. The van der Waals surface area contributed by atoms with Crippen molar-refractivity contribution >= 4 is 75.1 Å². The average Bonchev–Trinajstić information content (AvgIpc) is 3.76. The summed E-state index contributed by atoms with van der Waals surface area (Å²) in [4.78, 5) is 0. The second-order valence-electron chi connectivity index (χ2n) is 11.7. The van der Waals surface area contributed by atoms with Gasteiger partial charge in [0.25, 0.3) is 0 Å². The van der Waals surface area contributed by atoms with Crippen molar-refractivity contribution in [2.75, 3.05) is 0 Å². The summed E-state index contributed by atoms with van der Waals surface area (Å²) in [6.45, 7) is 0. The minimum Gasteiger partial charge on any atom is -0.309 e. The highest BCUT2D eigenvalue weighted by atomic mass is 32.1. The van der Waals surface area contributed by atoms with E-state index in [0.29, 0.717) is 0 Å². The molecule has 210 valence electrons. The van der Waals surface area contributed by atoms with Crippen LogP contribution in [-0.4, -0.2) is 9.13 Å². The molecule has 0 aliphatic rings. The summed E-state index contributed by atoms with van der Waals surface area (Å²) in [5, 5.41) is 7.79. The van der Waals surface area contributed by atoms with Gasteiger partial charge in [-0.3, -0.25) is 0 Å². The SMILES string of the molecule is c1ccc(-n2c3ccccc3c3c4c5cc(-c6cccc7c6sc6ccccc67)ccc5n(-c5ccccc5)c4ccc32)cc1. The van der Waals surface area contributed by atoms with Crippen LogP contribution in [0.15, 0.2) is 158 Å². The molecular weight excluding hydrogens is 565 g/mol. The zero-order valence-corrected chi connectivity index (χ0v) is 25.1. The van der Waals surface area contributed by atoms with Crippen molar-refractivity contribution in [1.82, 2.24) is 9.13 Å². The van der Waals surface area contributed by atoms with E-state index in [4.69, 9.17) is 0 Å². The van der Waals surface area contributed by atoms with E-state index < -0.39 is 0 Å². The number of aromatic nitrogens is 2. The van der Waals surface area contributed by atoms with Crippen molar-refractivity contribution in [3.8, 4) is 22.5 Å². The van der Waals surface area contributed by atoms with E-state index in [9.17, 15) is 0 Å². The largest absolute Gasteiger partial charge is 0.309 e. The smallest absolute Gasteiger partial charge is 0.0548 e. The van der Waals surface area contributed by atoms with Gasteiger partial charge in [0.05, 0.1) is 22.1 Å². The number of thiophene rings is 1. The van der Waals surface area contributed by atoms with Crippen LogP contribution in [0.2, 0.25) is 0 Å². The number of rotatable bonds is 3. The molecule has 0 bridgehead atoms. The van der Waals surface area contributed by atoms with Gasteiger partial charge in [-0.2, -0.15) is 0 Å². The zero-order chi connectivity index (χ0) is 29.5. The Morgan fingerprint density at radius 2 is 0.933 bits per heavy atom. The van der Waals surface area contributed by atoms with Crippen molar-refractivity contribution < 1.29 is 0 Å². The fourth-order valence-corrected chi connectivity index (χ4v) is 8.66. The van der Waals surface area contributed by atoms with E-state index in [1.165, 1.54) is 86.3 Å². The topological polar surface area (TPSA) is 9.86 Å². The molecule has 3 aromatic heterocycles. The van der Waals surface area contributed by atoms with E-state index in [1.807, 2.05) is 11.3 Å². The molecule has 0 spiro atoms. The van der Waals surface area contributed by atoms with Crippen LogP contribution in [0.25, 0.3) is 86.3 Å². The molecule has 0 aliphatic heterocycles. The lowest BCUT2D eigenvalue weighted by molar-refractivity contribution is 1.17. The predicted molar refractivity (Wildman–Crippen MR) is 193 cm³/mol. The van der Waals surface area contributed by atoms with Gasteiger partial charge in [0.2, 0.25) is 0 Å². The second-order valence-corrected chi connectivity index (χ2v) is 12.8. The van der Waals surface area contributed by atoms with Gasteiger partial charge in [-0.25, -0.2) is 0 Å². The van der Waals surface area contributed by atoms with Gasteiger partial charge in [-0.1, -0.05) is 97.1 Å². The maximum absolute atomic E-state index is 2.43. The number of para-hydroxylation sites is 3. The molecule has 0 aliphatic carbocycles. The molecule has 45 heavy (non-hydrogen) atoms. The number of benzene rings is 7. The third-order valence-corrected chi connectivity index (χ3v) is 10.5. The molecule has 0 saturated carbocycles. The van der Waals surface area contributed by atoms with E-state index in [1.54, 1.807) is 0 Å². The number of hydrogen-bond acceptors (Lipinski definition) is 1. The molecule has 7 aromatic carbocycles. The van der Waals surface area contributed by atoms with Gasteiger partial charge in [0, 0.05) is 53.1 Å². The highest BCUT2D eigenvalue weighted by molar-refractivity contribution is 7.26. The van der Waals surface area contributed by atoms with E-state index in [0.717, 1.165) is 0 Å². The highest BCUT2D eigenvalue weighted by Gasteiger charge is 2.21. The third kappa shape index (κ3) is 3.50. The molecule has 0 atom stereocenters. The summed E-state index contributed by atoms with van der Waals surface area (Å²) in [7, 11) is 0. The Bertz CT molecular complexity index is 2740. The van der Waals surface area contributed by atoms with Crippen molar-refractivity contribution in [3.63, 3.8) is 0 Å². The summed E-state index contributed by atoms with van der Waals surface area (Å²) >= 11 is 1.89. The first-order chi connectivity index (χ1) is 22.3. The van der Waals surface area contributed by atoms with Crippen LogP contribution in [0.5, 0.6) is 0 Å². The summed E-state index contributed by atoms with van der Waals surface area (Å²) < 4.78 is 7.52. The third-order valence-electron chi connectivity index (χ3n) is 9.31. The first-order valence-corrected chi connectivity index (χ1v) is 16.2. The molecule has 0 radical (unpaired) electrons. The first kappa shape index (κ1) is 24.8. The lowest BCUT2D eigenvalue weighted by Crippen LogP contribution is -1.94. The van der Waals surface area contributed by atoms with Crippen LogP contribution in [0.4, 0.5) is 0 Å². The Labute approximate surface area is 263 Å². The summed E-state index contributed by atoms with van der Waals surface area (Å²) in [6.07, 6.45) is 0. The molecular formula is C42H26N2S. The maximum Gasteiger partial charge on any atom is 0.0548 e. The number of fused-ring (bicyclic) bond motifs is 10. The molecule has 3 heterocycles. The highest BCUT2D eigenvalue weighted by Crippen LogP contribution is 2.45. The fourth-order valence-electron chi connectivity index (χ4n) is 7.42. The number of nitrogens with zero attached hydrogens (tertiary/aromatic N) is 2. The van der Waals surface area contributed by atoms with Crippen LogP contribution in [0.3, 0.4) is 0 Å². The minimum atomic E-state index is 1.17. The average molecular weight is 591 g/mol. The fraction of sp³-hybridized carbons (Fsp3) is 0.